The van der Waals surface area contributed by atoms with Crippen LogP contribution in [0.2, 0.25) is 0 Å². The molecule has 0 atom stereocenters. The topological polar surface area (TPSA) is 38.0 Å². The lowest BCUT2D eigenvalue weighted by molar-refractivity contribution is 1.02. The van der Waals surface area contributed by atoms with Gasteiger partial charge in [-0.1, -0.05) is 6.07 Å². The highest BCUT2D eigenvalue weighted by atomic mass is 127. The molecule has 12 heavy (non-hydrogen) atoms. The Balaban J connectivity index is 2.69. The minimum Gasteiger partial charge on any atom is -0.384 e. The van der Waals surface area contributed by atoms with Crippen molar-refractivity contribution in [1.82, 2.24) is 0 Å². The largest absolute Gasteiger partial charge is 0.384 e. The summed E-state index contributed by atoms with van der Waals surface area (Å²) in [7, 11) is 0. The normalized spacial score (nSPS) is 9.92. The maximum Gasteiger partial charge on any atom is 0.0351 e. The predicted molar refractivity (Wildman–Crippen MR) is 61.4 cm³/mol. The van der Waals surface area contributed by atoms with E-state index in [0.29, 0.717) is 6.54 Å². The first-order chi connectivity index (χ1) is 5.74. The molecule has 3 heteroatoms. The number of nitrogens with two attached hydrogens (primary N) is 1. The molecule has 1 aromatic rings. The maximum absolute atomic E-state index is 5.38. The molecule has 0 unspecified atom stereocenters. The summed E-state index contributed by atoms with van der Waals surface area (Å²) in [5, 5.41) is 3.23. The van der Waals surface area contributed by atoms with Crippen molar-refractivity contribution in [3.05, 3.63) is 27.3 Å². The average molecular weight is 276 g/mol. The highest BCUT2D eigenvalue weighted by Gasteiger charge is 1.95. The van der Waals surface area contributed by atoms with E-state index in [1.54, 1.807) is 0 Å². The summed E-state index contributed by atoms with van der Waals surface area (Å²) in [4.78, 5) is 0. The standard InChI is InChI=1S/C9H13IN2/c1-7-2-3-8(6-9(7)10)12-5-4-11/h2-3,6,12H,4-5,11H2,1H3. The predicted octanol–water partition coefficient (Wildman–Crippen LogP) is 1.97. The molecule has 0 amide bonds. The number of benzene rings is 1. The number of rotatable bonds is 3. The fourth-order valence-electron chi connectivity index (χ4n) is 0.919. The van der Waals surface area contributed by atoms with Gasteiger partial charge in [0.2, 0.25) is 0 Å². The number of nitrogens with one attached hydrogen (secondary N) is 1. The van der Waals surface area contributed by atoms with Crippen LogP contribution in [-0.4, -0.2) is 13.1 Å². The highest BCUT2D eigenvalue weighted by molar-refractivity contribution is 14.1. The summed E-state index contributed by atoms with van der Waals surface area (Å²) in [5.74, 6) is 0. The van der Waals surface area contributed by atoms with Gasteiger partial charge in [-0.05, 0) is 47.2 Å². The smallest absolute Gasteiger partial charge is 0.0351 e. The molecule has 0 saturated heterocycles. The van der Waals surface area contributed by atoms with Crippen LogP contribution in [0, 0.1) is 10.5 Å². The molecular weight excluding hydrogens is 263 g/mol. The summed E-state index contributed by atoms with van der Waals surface area (Å²) in [6, 6.07) is 6.32. The van der Waals surface area contributed by atoms with Crippen molar-refractivity contribution < 1.29 is 0 Å². The number of halogens is 1. The molecule has 1 rings (SSSR count). The van der Waals surface area contributed by atoms with Crippen LogP contribution < -0.4 is 11.1 Å². The van der Waals surface area contributed by atoms with Gasteiger partial charge in [0.25, 0.3) is 0 Å². The third kappa shape index (κ3) is 2.64. The third-order valence-electron chi connectivity index (χ3n) is 1.65. The Morgan fingerprint density at radius 2 is 2.25 bits per heavy atom. The number of anilines is 1. The molecule has 3 N–H and O–H groups in total. The fraction of sp³-hybridized carbons (Fsp3) is 0.333. The quantitative estimate of drug-likeness (QED) is 0.828. The molecule has 0 heterocycles. The Bertz CT molecular complexity index is 261. The minimum absolute atomic E-state index is 0.671. The second-order valence-electron chi connectivity index (χ2n) is 2.68. The monoisotopic (exact) mass is 276 g/mol. The molecule has 0 spiro atoms. The van der Waals surface area contributed by atoms with Gasteiger partial charge in [-0.15, -0.1) is 0 Å². The first kappa shape index (κ1) is 9.80. The van der Waals surface area contributed by atoms with E-state index < -0.39 is 0 Å². The third-order valence-corrected chi connectivity index (χ3v) is 2.81. The zero-order valence-corrected chi connectivity index (χ0v) is 9.26. The van der Waals surface area contributed by atoms with Crippen LogP contribution in [0.15, 0.2) is 18.2 Å². The Kier molecular flexibility index (Phi) is 3.81. The summed E-state index contributed by atoms with van der Waals surface area (Å²) < 4.78 is 1.29. The second kappa shape index (κ2) is 4.67. The Morgan fingerprint density at radius 3 is 2.83 bits per heavy atom. The molecule has 0 bridgehead atoms. The zero-order chi connectivity index (χ0) is 8.97. The van der Waals surface area contributed by atoms with Gasteiger partial charge in [0, 0.05) is 22.3 Å². The van der Waals surface area contributed by atoms with E-state index >= 15 is 0 Å². The molecule has 1 aromatic carbocycles. The fourth-order valence-corrected chi connectivity index (χ4v) is 1.43. The van der Waals surface area contributed by atoms with Gasteiger partial charge in [0.05, 0.1) is 0 Å². The average Bonchev–Trinajstić information content (AvgIpc) is 2.07. The number of aryl methyl sites for hydroxylation is 1. The van der Waals surface area contributed by atoms with Crippen LogP contribution in [0.5, 0.6) is 0 Å². The molecule has 0 aliphatic carbocycles. The summed E-state index contributed by atoms with van der Waals surface area (Å²) in [5.41, 5.74) is 7.84. The van der Waals surface area contributed by atoms with E-state index in [1.165, 1.54) is 9.13 Å². The van der Waals surface area contributed by atoms with Gasteiger partial charge >= 0.3 is 0 Å². The zero-order valence-electron chi connectivity index (χ0n) is 7.10. The summed E-state index contributed by atoms with van der Waals surface area (Å²) >= 11 is 2.33. The first-order valence-electron chi connectivity index (χ1n) is 3.94. The Labute approximate surface area is 86.7 Å². The van der Waals surface area contributed by atoms with Crippen LogP contribution in [0.1, 0.15) is 5.56 Å². The van der Waals surface area contributed by atoms with Crippen LogP contribution in [-0.2, 0) is 0 Å². The van der Waals surface area contributed by atoms with E-state index in [9.17, 15) is 0 Å². The van der Waals surface area contributed by atoms with E-state index in [2.05, 4.69) is 53.0 Å². The van der Waals surface area contributed by atoms with Crippen molar-refractivity contribution >= 4 is 28.3 Å². The summed E-state index contributed by atoms with van der Waals surface area (Å²) in [6.45, 7) is 3.61. The van der Waals surface area contributed by atoms with Gasteiger partial charge in [-0.3, -0.25) is 0 Å². The van der Waals surface area contributed by atoms with Crippen LogP contribution in [0.4, 0.5) is 5.69 Å². The lowest BCUT2D eigenvalue weighted by atomic mass is 10.2. The molecular formula is C9H13IN2. The van der Waals surface area contributed by atoms with Gasteiger partial charge < -0.3 is 11.1 Å². The van der Waals surface area contributed by atoms with Crippen molar-refractivity contribution in [2.45, 2.75) is 6.92 Å². The van der Waals surface area contributed by atoms with Crippen molar-refractivity contribution in [3.63, 3.8) is 0 Å². The molecule has 2 nitrogen and oxygen atoms in total. The van der Waals surface area contributed by atoms with Crippen LogP contribution >= 0.6 is 22.6 Å². The lowest BCUT2D eigenvalue weighted by Gasteiger charge is -2.05. The van der Waals surface area contributed by atoms with Gasteiger partial charge in [-0.25, -0.2) is 0 Å². The molecule has 0 aliphatic rings. The lowest BCUT2D eigenvalue weighted by Crippen LogP contribution is -2.13. The van der Waals surface area contributed by atoms with Crippen molar-refractivity contribution in [2.75, 3.05) is 18.4 Å². The van der Waals surface area contributed by atoms with Gasteiger partial charge in [0.15, 0.2) is 0 Å². The number of hydrogen-bond donors (Lipinski definition) is 2. The number of hydrogen-bond acceptors (Lipinski definition) is 2. The minimum atomic E-state index is 0.671. The first-order valence-corrected chi connectivity index (χ1v) is 5.02. The SMILES string of the molecule is Cc1ccc(NCCN)cc1I. The highest BCUT2D eigenvalue weighted by Crippen LogP contribution is 2.16. The van der Waals surface area contributed by atoms with Crippen molar-refractivity contribution in [2.24, 2.45) is 5.73 Å². The maximum atomic E-state index is 5.38. The van der Waals surface area contributed by atoms with Crippen molar-refractivity contribution in [1.29, 1.82) is 0 Å². The second-order valence-corrected chi connectivity index (χ2v) is 3.84. The van der Waals surface area contributed by atoms with Crippen molar-refractivity contribution in [3.8, 4) is 0 Å². The molecule has 0 radical (unpaired) electrons. The van der Waals surface area contributed by atoms with E-state index in [-0.39, 0.29) is 0 Å². The molecule has 0 aromatic heterocycles. The Hall–Kier alpha value is -0.290. The van der Waals surface area contributed by atoms with Crippen LogP contribution in [0.3, 0.4) is 0 Å². The van der Waals surface area contributed by atoms with E-state index in [4.69, 9.17) is 5.73 Å². The molecule has 66 valence electrons. The van der Waals surface area contributed by atoms with Crippen LogP contribution in [0.25, 0.3) is 0 Å². The van der Waals surface area contributed by atoms with Gasteiger partial charge in [-0.2, -0.15) is 0 Å². The van der Waals surface area contributed by atoms with Gasteiger partial charge in [0.1, 0.15) is 0 Å². The molecule has 0 fully saturated rings. The van der Waals surface area contributed by atoms with E-state index in [1.807, 2.05) is 0 Å². The Morgan fingerprint density at radius 1 is 1.50 bits per heavy atom. The summed E-state index contributed by atoms with van der Waals surface area (Å²) in [6.07, 6.45) is 0. The molecule has 0 aliphatic heterocycles. The molecule has 0 saturated carbocycles. The van der Waals surface area contributed by atoms with E-state index in [0.717, 1.165) is 12.2 Å².